The first-order valence-corrected chi connectivity index (χ1v) is 5.44. The van der Waals surface area contributed by atoms with Crippen molar-refractivity contribution in [1.29, 1.82) is 0 Å². The zero-order valence-corrected chi connectivity index (χ0v) is 10.5. The molecule has 7 heteroatoms. The summed E-state index contributed by atoms with van der Waals surface area (Å²) in [5.41, 5.74) is 0.464. The van der Waals surface area contributed by atoms with Crippen molar-refractivity contribution in [2.45, 2.75) is 20.8 Å². The van der Waals surface area contributed by atoms with Gasteiger partial charge in [-0.25, -0.2) is 4.98 Å². The van der Waals surface area contributed by atoms with Gasteiger partial charge >= 0.3 is 0 Å². The van der Waals surface area contributed by atoms with Crippen molar-refractivity contribution in [3.63, 3.8) is 0 Å². The number of hydrogen-bond acceptors (Lipinski definition) is 4. The third-order valence-electron chi connectivity index (χ3n) is 2.15. The van der Waals surface area contributed by atoms with Crippen molar-refractivity contribution in [2.75, 3.05) is 5.32 Å². The van der Waals surface area contributed by atoms with E-state index in [4.69, 9.17) is 11.6 Å². The van der Waals surface area contributed by atoms with Crippen LogP contribution >= 0.6 is 11.6 Å². The van der Waals surface area contributed by atoms with Crippen LogP contribution in [0.4, 0.5) is 5.95 Å². The Morgan fingerprint density at radius 2 is 2.12 bits per heavy atom. The molecule has 17 heavy (non-hydrogen) atoms. The number of carbonyl (C=O) groups excluding carboxylic acids is 1. The average Bonchev–Trinajstić information content (AvgIpc) is 2.64. The Kier molecular flexibility index (Phi) is 2.74. The summed E-state index contributed by atoms with van der Waals surface area (Å²) in [5, 5.41) is 2.84. The van der Waals surface area contributed by atoms with Crippen molar-refractivity contribution in [1.82, 2.24) is 19.9 Å². The monoisotopic (exact) mass is 253 g/mol. The van der Waals surface area contributed by atoms with Crippen LogP contribution in [0.25, 0.3) is 11.2 Å². The van der Waals surface area contributed by atoms with Crippen LogP contribution in [0.3, 0.4) is 0 Å². The lowest BCUT2D eigenvalue weighted by molar-refractivity contribution is -0.123. The fourth-order valence-electron chi connectivity index (χ4n) is 1.14. The fraction of sp³-hybridized carbons (Fsp3) is 0.400. The third kappa shape index (κ3) is 2.36. The molecule has 2 aromatic heterocycles. The highest BCUT2D eigenvalue weighted by Crippen LogP contribution is 2.20. The number of amides is 1. The molecule has 0 saturated heterocycles. The second-order valence-corrected chi connectivity index (χ2v) is 5.00. The minimum atomic E-state index is -0.517. The van der Waals surface area contributed by atoms with Gasteiger partial charge in [-0.2, -0.15) is 9.97 Å². The molecule has 0 saturated carbocycles. The highest BCUT2D eigenvalue weighted by molar-refractivity contribution is 6.33. The fourth-order valence-corrected chi connectivity index (χ4v) is 1.36. The zero-order chi connectivity index (χ0) is 12.6. The van der Waals surface area contributed by atoms with E-state index in [0.29, 0.717) is 11.2 Å². The molecule has 0 aromatic carbocycles. The predicted molar refractivity (Wildman–Crippen MR) is 64.8 cm³/mol. The second-order valence-electron chi connectivity index (χ2n) is 4.64. The van der Waals surface area contributed by atoms with Crippen LogP contribution in [0.15, 0.2) is 6.33 Å². The van der Waals surface area contributed by atoms with Gasteiger partial charge in [0.15, 0.2) is 10.8 Å². The Hall–Kier alpha value is -1.69. The molecule has 2 aromatic rings. The number of anilines is 1. The van der Waals surface area contributed by atoms with E-state index in [0.717, 1.165) is 0 Å². The maximum atomic E-state index is 11.8. The maximum absolute atomic E-state index is 11.8. The normalized spacial score (nSPS) is 11.8. The van der Waals surface area contributed by atoms with Crippen LogP contribution in [-0.4, -0.2) is 25.8 Å². The Morgan fingerprint density at radius 3 is 2.76 bits per heavy atom. The number of H-pyrrole nitrogens is 1. The van der Waals surface area contributed by atoms with E-state index >= 15 is 0 Å². The van der Waals surface area contributed by atoms with Crippen molar-refractivity contribution in [3.8, 4) is 0 Å². The smallest absolute Gasteiger partial charge is 0.233 e. The first kappa shape index (κ1) is 11.8. The molecule has 0 unspecified atom stereocenters. The van der Waals surface area contributed by atoms with E-state index in [9.17, 15) is 4.79 Å². The summed E-state index contributed by atoms with van der Waals surface area (Å²) in [7, 11) is 0. The van der Waals surface area contributed by atoms with Crippen molar-refractivity contribution in [3.05, 3.63) is 11.5 Å². The molecule has 0 aliphatic carbocycles. The molecular weight excluding hydrogens is 242 g/mol. The number of halogens is 1. The van der Waals surface area contributed by atoms with Crippen molar-refractivity contribution < 1.29 is 4.79 Å². The van der Waals surface area contributed by atoms with Crippen LogP contribution < -0.4 is 5.32 Å². The van der Waals surface area contributed by atoms with Gasteiger partial charge in [0.05, 0.1) is 6.33 Å². The number of carbonyl (C=O) groups is 1. The SMILES string of the molecule is CC(C)(C)C(=O)Nc1nc(Cl)c2[nH]cnc2n1. The summed E-state index contributed by atoms with van der Waals surface area (Å²) in [5.74, 6) is -0.0158. The summed E-state index contributed by atoms with van der Waals surface area (Å²) in [6.45, 7) is 5.41. The lowest BCUT2D eigenvalue weighted by Crippen LogP contribution is -2.28. The summed E-state index contributed by atoms with van der Waals surface area (Å²) < 4.78 is 0. The molecule has 0 radical (unpaired) electrons. The lowest BCUT2D eigenvalue weighted by atomic mass is 9.96. The second kappa shape index (κ2) is 3.96. The van der Waals surface area contributed by atoms with E-state index in [2.05, 4.69) is 25.3 Å². The number of nitrogens with zero attached hydrogens (tertiary/aromatic N) is 3. The highest BCUT2D eigenvalue weighted by Gasteiger charge is 2.22. The third-order valence-corrected chi connectivity index (χ3v) is 2.42. The molecular formula is C10H12ClN5O. The van der Waals surface area contributed by atoms with Crippen molar-refractivity contribution >= 4 is 34.6 Å². The molecule has 2 heterocycles. The van der Waals surface area contributed by atoms with E-state index in [-0.39, 0.29) is 17.0 Å². The first-order valence-electron chi connectivity index (χ1n) is 5.06. The van der Waals surface area contributed by atoms with Crippen LogP contribution in [-0.2, 0) is 4.79 Å². The van der Waals surface area contributed by atoms with E-state index < -0.39 is 5.41 Å². The quantitative estimate of drug-likeness (QED) is 0.762. The van der Waals surface area contributed by atoms with Gasteiger partial charge in [-0.05, 0) is 0 Å². The van der Waals surface area contributed by atoms with Gasteiger partial charge in [-0.3, -0.25) is 10.1 Å². The van der Waals surface area contributed by atoms with Crippen LogP contribution in [0, 0.1) is 5.41 Å². The molecule has 0 aliphatic rings. The highest BCUT2D eigenvalue weighted by atomic mass is 35.5. The molecule has 0 fully saturated rings. The van der Waals surface area contributed by atoms with Crippen molar-refractivity contribution in [2.24, 2.45) is 5.41 Å². The number of aromatic nitrogens is 4. The van der Waals surface area contributed by atoms with Crippen LogP contribution in [0.5, 0.6) is 0 Å². The number of hydrogen-bond donors (Lipinski definition) is 2. The van der Waals surface area contributed by atoms with E-state index in [1.807, 2.05) is 0 Å². The van der Waals surface area contributed by atoms with Crippen LogP contribution in [0.2, 0.25) is 5.15 Å². The molecule has 2 rings (SSSR count). The van der Waals surface area contributed by atoms with E-state index in [1.54, 1.807) is 20.8 Å². The molecule has 0 bridgehead atoms. The lowest BCUT2D eigenvalue weighted by Gasteiger charge is -2.16. The molecule has 0 aliphatic heterocycles. The van der Waals surface area contributed by atoms with E-state index in [1.165, 1.54) is 6.33 Å². The molecule has 90 valence electrons. The number of rotatable bonds is 1. The number of nitrogens with one attached hydrogen (secondary N) is 2. The van der Waals surface area contributed by atoms with Gasteiger partial charge in [-0.1, -0.05) is 32.4 Å². The molecule has 6 nitrogen and oxygen atoms in total. The molecule has 0 spiro atoms. The average molecular weight is 254 g/mol. The zero-order valence-electron chi connectivity index (χ0n) is 9.71. The van der Waals surface area contributed by atoms with Gasteiger partial charge in [-0.15, -0.1) is 0 Å². The van der Waals surface area contributed by atoms with Gasteiger partial charge in [0.25, 0.3) is 0 Å². The molecule has 1 amide bonds. The van der Waals surface area contributed by atoms with Crippen LogP contribution in [0.1, 0.15) is 20.8 Å². The Morgan fingerprint density at radius 1 is 1.41 bits per heavy atom. The van der Waals surface area contributed by atoms with Gasteiger partial charge < -0.3 is 4.98 Å². The summed E-state index contributed by atoms with van der Waals surface area (Å²) in [6, 6.07) is 0. The largest absolute Gasteiger partial charge is 0.341 e. The molecule has 2 N–H and O–H groups in total. The number of fused-ring (bicyclic) bond motifs is 1. The predicted octanol–water partition coefficient (Wildman–Crippen LogP) is 1.99. The minimum Gasteiger partial charge on any atom is -0.341 e. The standard InChI is InChI=1S/C10H12ClN5O/c1-10(2,3)8(17)16-9-14-6(11)5-7(15-9)13-4-12-5/h4H,1-3H3,(H2,12,13,14,15,16,17). The number of imidazole rings is 1. The topological polar surface area (TPSA) is 83.6 Å². The summed E-state index contributed by atoms with van der Waals surface area (Å²) >= 11 is 5.93. The molecule has 0 atom stereocenters. The summed E-state index contributed by atoms with van der Waals surface area (Å²) in [4.78, 5) is 26.6. The summed E-state index contributed by atoms with van der Waals surface area (Å²) in [6.07, 6.45) is 1.47. The minimum absolute atomic E-state index is 0.162. The Labute approximate surface area is 103 Å². The Balaban J connectivity index is 2.34. The number of aromatic amines is 1. The maximum Gasteiger partial charge on any atom is 0.233 e. The van der Waals surface area contributed by atoms with Gasteiger partial charge in [0, 0.05) is 5.41 Å². The van der Waals surface area contributed by atoms with Gasteiger partial charge in [0.1, 0.15) is 5.52 Å². The first-order chi connectivity index (χ1) is 7.88. The van der Waals surface area contributed by atoms with Gasteiger partial charge in [0.2, 0.25) is 11.9 Å². The Bertz CT molecular complexity index is 572.